The van der Waals surface area contributed by atoms with Gasteiger partial charge in [0.2, 0.25) is 11.8 Å². The summed E-state index contributed by atoms with van der Waals surface area (Å²) in [7, 11) is 0. The molecule has 28 heavy (non-hydrogen) atoms. The van der Waals surface area contributed by atoms with Gasteiger partial charge < -0.3 is 16.0 Å². The standard InChI is InChI=1S/C20H22N4O3S/c1-28-12-11-16(19(26)21-14-7-3-2-4-8-14)23-20(27)24-13-18(25)22-15-9-5-6-10-17(15)24/h2-10,16H,11-13H2,1H3,(H,21,26)(H,22,25)(H,23,27)/t16-/m0/s1. The molecule has 0 aliphatic carbocycles. The summed E-state index contributed by atoms with van der Waals surface area (Å²) in [6, 6.07) is 15.0. The van der Waals surface area contributed by atoms with Crippen molar-refractivity contribution in [1.82, 2.24) is 5.32 Å². The van der Waals surface area contributed by atoms with Gasteiger partial charge in [0, 0.05) is 5.69 Å². The molecule has 0 saturated heterocycles. The number of carbonyl (C=O) groups excluding carboxylic acids is 3. The molecule has 8 heteroatoms. The first kappa shape index (κ1) is 19.8. The first-order chi connectivity index (χ1) is 13.6. The number of amides is 4. The van der Waals surface area contributed by atoms with Crippen molar-refractivity contribution in [1.29, 1.82) is 0 Å². The van der Waals surface area contributed by atoms with Crippen LogP contribution in [-0.4, -0.2) is 42.4 Å². The summed E-state index contributed by atoms with van der Waals surface area (Å²) in [4.78, 5) is 38.9. The molecule has 146 valence electrons. The minimum Gasteiger partial charge on any atom is -0.326 e. The van der Waals surface area contributed by atoms with Crippen molar-refractivity contribution in [3.63, 3.8) is 0 Å². The fraction of sp³-hybridized carbons (Fsp3) is 0.250. The van der Waals surface area contributed by atoms with Crippen LogP contribution in [0.4, 0.5) is 21.9 Å². The molecule has 1 aliphatic heterocycles. The smallest absolute Gasteiger partial charge is 0.323 e. The van der Waals surface area contributed by atoms with Crippen LogP contribution in [0.5, 0.6) is 0 Å². The molecule has 0 spiro atoms. The van der Waals surface area contributed by atoms with Crippen molar-refractivity contribution in [2.24, 2.45) is 0 Å². The van der Waals surface area contributed by atoms with E-state index in [2.05, 4.69) is 16.0 Å². The highest BCUT2D eigenvalue weighted by atomic mass is 32.2. The summed E-state index contributed by atoms with van der Waals surface area (Å²) in [5.74, 6) is 0.149. The lowest BCUT2D eigenvalue weighted by Gasteiger charge is -2.30. The van der Waals surface area contributed by atoms with E-state index in [4.69, 9.17) is 0 Å². The van der Waals surface area contributed by atoms with Gasteiger partial charge in [-0.25, -0.2) is 4.79 Å². The molecule has 0 aromatic heterocycles. The molecule has 2 aromatic carbocycles. The van der Waals surface area contributed by atoms with E-state index >= 15 is 0 Å². The third-order valence-electron chi connectivity index (χ3n) is 4.28. The molecular weight excluding hydrogens is 376 g/mol. The molecule has 0 saturated carbocycles. The topological polar surface area (TPSA) is 90.5 Å². The summed E-state index contributed by atoms with van der Waals surface area (Å²) in [6.07, 6.45) is 2.42. The minimum absolute atomic E-state index is 0.0988. The maximum atomic E-state index is 12.9. The average molecular weight is 398 g/mol. The zero-order chi connectivity index (χ0) is 19.9. The summed E-state index contributed by atoms with van der Waals surface area (Å²) in [6.45, 7) is -0.0988. The molecule has 7 nitrogen and oxygen atoms in total. The van der Waals surface area contributed by atoms with Crippen LogP contribution < -0.4 is 20.9 Å². The molecule has 1 heterocycles. The predicted octanol–water partition coefficient (Wildman–Crippen LogP) is 2.92. The number of hydrogen-bond donors (Lipinski definition) is 3. The number of carbonyl (C=O) groups is 3. The fourth-order valence-corrected chi connectivity index (χ4v) is 3.37. The monoisotopic (exact) mass is 398 g/mol. The third-order valence-corrected chi connectivity index (χ3v) is 4.93. The van der Waals surface area contributed by atoms with Gasteiger partial charge in [0.1, 0.15) is 12.6 Å². The molecule has 4 amide bonds. The highest BCUT2D eigenvalue weighted by Gasteiger charge is 2.29. The number of nitrogens with one attached hydrogen (secondary N) is 3. The van der Waals surface area contributed by atoms with Crippen LogP contribution in [0.2, 0.25) is 0 Å². The number of thioether (sulfide) groups is 1. The Hall–Kier alpha value is -3.00. The van der Waals surface area contributed by atoms with Gasteiger partial charge >= 0.3 is 6.03 Å². The molecule has 3 N–H and O–H groups in total. The third kappa shape index (κ3) is 4.83. The Labute approximate surface area is 167 Å². The van der Waals surface area contributed by atoms with Gasteiger partial charge in [0.05, 0.1) is 11.4 Å². The molecule has 2 aromatic rings. The highest BCUT2D eigenvalue weighted by Crippen LogP contribution is 2.28. The number of anilines is 3. The molecule has 0 fully saturated rings. The number of urea groups is 1. The van der Waals surface area contributed by atoms with Gasteiger partial charge in [0.15, 0.2) is 0 Å². The SMILES string of the molecule is CSCC[C@H](NC(=O)N1CC(=O)Nc2ccccc21)C(=O)Nc1ccccc1. The van der Waals surface area contributed by atoms with Crippen LogP contribution in [0.3, 0.4) is 0 Å². The normalized spacial score (nSPS) is 13.9. The van der Waals surface area contributed by atoms with E-state index < -0.39 is 12.1 Å². The maximum Gasteiger partial charge on any atom is 0.323 e. The minimum atomic E-state index is -0.711. The van der Waals surface area contributed by atoms with E-state index in [0.717, 1.165) is 0 Å². The first-order valence-corrected chi connectivity index (χ1v) is 10.3. The second-order valence-corrected chi connectivity index (χ2v) is 7.28. The summed E-state index contributed by atoms with van der Waals surface area (Å²) in [5, 5.41) is 8.36. The number of para-hydroxylation sites is 3. The van der Waals surface area contributed by atoms with Crippen molar-refractivity contribution in [3.8, 4) is 0 Å². The van der Waals surface area contributed by atoms with E-state index in [0.29, 0.717) is 29.2 Å². The maximum absolute atomic E-state index is 12.9. The quantitative estimate of drug-likeness (QED) is 0.698. The van der Waals surface area contributed by atoms with Crippen molar-refractivity contribution in [2.75, 3.05) is 34.1 Å². The zero-order valence-corrected chi connectivity index (χ0v) is 16.3. The Morgan fingerprint density at radius 1 is 1.14 bits per heavy atom. The largest absolute Gasteiger partial charge is 0.326 e. The second kappa shape index (κ2) is 9.27. The van der Waals surface area contributed by atoms with Gasteiger partial charge in [-0.1, -0.05) is 30.3 Å². The van der Waals surface area contributed by atoms with Crippen LogP contribution in [-0.2, 0) is 9.59 Å². The number of rotatable bonds is 6. The Bertz CT molecular complexity index is 860. The lowest BCUT2D eigenvalue weighted by atomic mass is 10.2. The van der Waals surface area contributed by atoms with E-state index in [1.54, 1.807) is 48.2 Å². The van der Waals surface area contributed by atoms with Gasteiger partial charge in [-0.2, -0.15) is 11.8 Å². The first-order valence-electron chi connectivity index (χ1n) is 8.90. The summed E-state index contributed by atoms with van der Waals surface area (Å²) >= 11 is 1.60. The summed E-state index contributed by atoms with van der Waals surface area (Å²) < 4.78 is 0. The van der Waals surface area contributed by atoms with E-state index in [1.165, 1.54) is 4.90 Å². The highest BCUT2D eigenvalue weighted by molar-refractivity contribution is 7.98. The molecule has 1 aliphatic rings. The number of fused-ring (bicyclic) bond motifs is 1. The molecular formula is C20H22N4O3S. The van der Waals surface area contributed by atoms with Crippen LogP contribution >= 0.6 is 11.8 Å². The van der Waals surface area contributed by atoms with E-state index in [-0.39, 0.29) is 18.4 Å². The Morgan fingerprint density at radius 2 is 1.86 bits per heavy atom. The Balaban J connectivity index is 1.74. The fourth-order valence-electron chi connectivity index (χ4n) is 2.90. The number of hydrogen-bond acceptors (Lipinski definition) is 4. The number of nitrogens with zero attached hydrogens (tertiary/aromatic N) is 1. The Kier molecular flexibility index (Phi) is 6.54. The van der Waals surface area contributed by atoms with E-state index in [1.807, 2.05) is 24.5 Å². The van der Waals surface area contributed by atoms with E-state index in [9.17, 15) is 14.4 Å². The predicted molar refractivity (Wildman–Crippen MR) is 113 cm³/mol. The molecule has 1 atom stereocenters. The van der Waals surface area contributed by atoms with Crippen LogP contribution in [0, 0.1) is 0 Å². The molecule has 3 rings (SSSR count). The molecule has 0 bridgehead atoms. The second-order valence-electron chi connectivity index (χ2n) is 6.29. The van der Waals surface area contributed by atoms with Crippen molar-refractivity contribution < 1.29 is 14.4 Å². The van der Waals surface area contributed by atoms with Crippen LogP contribution in [0.1, 0.15) is 6.42 Å². The molecule has 0 unspecified atom stereocenters. The van der Waals surface area contributed by atoms with Gasteiger partial charge in [0.25, 0.3) is 0 Å². The number of benzene rings is 2. The van der Waals surface area contributed by atoms with Crippen LogP contribution in [0.25, 0.3) is 0 Å². The van der Waals surface area contributed by atoms with Crippen molar-refractivity contribution >= 4 is 46.7 Å². The Morgan fingerprint density at radius 3 is 2.61 bits per heavy atom. The lowest BCUT2D eigenvalue weighted by Crippen LogP contribution is -2.53. The van der Waals surface area contributed by atoms with Crippen molar-refractivity contribution in [2.45, 2.75) is 12.5 Å². The average Bonchev–Trinajstić information content (AvgIpc) is 2.70. The lowest BCUT2D eigenvalue weighted by molar-refractivity contribution is -0.118. The van der Waals surface area contributed by atoms with Gasteiger partial charge in [-0.15, -0.1) is 0 Å². The zero-order valence-electron chi connectivity index (χ0n) is 15.5. The van der Waals surface area contributed by atoms with Gasteiger partial charge in [-0.05, 0) is 42.7 Å². The van der Waals surface area contributed by atoms with Crippen LogP contribution in [0.15, 0.2) is 54.6 Å². The van der Waals surface area contributed by atoms with Crippen molar-refractivity contribution in [3.05, 3.63) is 54.6 Å². The molecule has 0 radical (unpaired) electrons. The van der Waals surface area contributed by atoms with Gasteiger partial charge in [-0.3, -0.25) is 14.5 Å². The summed E-state index contributed by atoms with van der Waals surface area (Å²) in [5.41, 5.74) is 1.84.